The molecule has 112 valence electrons. The van der Waals surface area contributed by atoms with Crippen LogP contribution < -0.4 is 4.72 Å². The van der Waals surface area contributed by atoms with E-state index < -0.39 is 16.0 Å². The van der Waals surface area contributed by atoms with E-state index in [0.717, 1.165) is 4.88 Å². The molecule has 1 heterocycles. The molecule has 1 aromatic heterocycles. The average Bonchev–Trinajstić information content (AvgIpc) is 2.86. The van der Waals surface area contributed by atoms with Crippen molar-refractivity contribution in [3.8, 4) is 0 Å². The maximum Gasteiger partial charge on any atom is 0.335 e. The first-order valence-corrected chi connectivity index (χ1v) is 8.57. The van der Waals surface area contributed by atoms with Gasteiger partial charge < -0.3 is 5.11 Å². The quantitative estimate of drug-likeness (QED) is 0.853. The fourth-order valence-electron chi connectivity index (χ4n) is 1.89. The number of nitrogens with one attached hydrogen (secondary N) is 1. The zero-order valence-corrected chi connectivity index (χ0v) is 13.0. The lowest BCUT2D eigenvalue weighted by molar-refractivity contribution is 0.0695. The summed E-state index contributed by atoms with van der Waals surface area (Å²) in [4.78, 5) is 12.0. The fourth-order valence-corrected chi connectivity index (χ4v) is 4.25. The summed E-state index contributed by atoms with van der Waals surface area (Å²) >= 11 is 1.20. The van der Waals surface area contributed by atoms with Gasteiger partial charge in [-0.15, -0.1) is 11.3 Å². The van der Waals surface area contributed by atoms with Crippen molar-refractivity contribution in [1.29, 1.82) is 0 Å². The highest BCUT2D eigenvalue weighted by molar-refractivity contribution is 7.91. The van der Waals surface area contributed by atoms with E-state index in [0.29, 0.717) is 12.0 Å². The Morgan fingerprint density at radius 3 is 2.57 bits per heavy atom. The lowest BCUT2D eigenvalue weighted by Gasteiger charge is -2.07. The second kappa shape index (κ2) is 6.38. The number of sulfonamides is 1. The van der Waals surface area contributed by atoms with E-state index in [1.165, 1.54) is 17.4 Å². The Morgan fingerprint density at radius 2 is 1.95 bits per heavy atom. The molecule has 0 aliphatic carbocycles. The predicted octanol–water partition coefficient (Wildman–Crippen LogP) is 2.28. The first-order valence-electron chi connectivity index (χ1n) is 6.27. The van der Waals surface area contributed by atoms with Gasteiger partial charge in [0.2, 0.25) is 10.0 Å². The van der Waals surface area contributed by atoms with Crippen LogP contribution in [0.1, 0.15) is 20.8 Å². The van der Waals surface area contributed by atoms with Crippen molar-refractivity contribution < 1.29 is 18.3 Å². The first-order chi connectivity index (χ1) is 9.90. The Labute approximate surface area is 127 Å². The highest BCUT2D eigenvalue weighted by Crippen LogP contribution is 2.20. The summed E-state index contributed by atoms with van der Waals surface area (Å²) in [6, 6.07) is 9.89. The third-order valence-corrected chi connectivity index (χ3v) is 5.87. The van der Waals surface area contributed by atoms with E-state index in [9.17, 15) is 13.2 Å². The minimum Gasteiger partial charge on any atom is -0.478 e. The Hall–Kier alpha value is -1.70. The van der Waals surface area contributed by atoms with Crippen molar-refractivity contribution in [1.82, 2.24) is 4.72 Å². The Morgan fingerprint density at radius 1 is 1.24 bits per heavy atom. The third-order valence-electron chi connectivity index (χ3n) is 2.91. The van der Waals surface area contributed by atoms with Gasteiger partial charge in [-0.2, -0.15) is 0 Å². The molecular formula is C14H15NO4S2. The maximum absolute atomic E-state index is 12.0. The molecule has 0 unspecified atom stereocenters. The molecule has 2 N–H and O–H groups in total. The molecule has 0 amide bonds. The van der Waals surface area contributed by atoms with Crippen LogP contribution in [-0.2, 0) is 16.4 Å². The molecule has 5 nitrogen and oxygen atoms in total. The molecule has 1 aromatic carbocycles. The minimum atomic E-state index is -3.52. The van der Waals surface area contributed by atoms with Gasteiger partial charge in [-0.1, -0.05) is 18.2 Å². The molecule has 0 saturated carbocycles. The molecular weight excluding hydrogens is 310 g/mol. The highest BCUT2D eigenvalue weighted by atomic mass is 32.2. The van der Waals surface area contributed by atoms with Crippen molar-refractivity contribution in [2.45, 2.75) is 17.6 Å². The van der Waals surface area contributed by atoms with E-state index in [4.69, 9.17) is 5.11 Å². The summed E-state index contributed by atoms with van der Waals surface area (Å²) in [6.07, 6.45) is 0.325. The minimum absolute atomic E-state index is 0.156. The number of carboxylic acids is 1. The molecule has 0 aliphatic heterocycles. The van der Waals surface area contributed by atoms with Crippen LogP contribution in [-0.4, -0.2) is 26.0 Å². The van der Waals surface area contributed by atoms with E-state index >= 15 is 0 Å². The van der Waals surface area contributed by atoms with Gasteiger partial charge in [0, 0.05) is 11.4 Å². The number of hydrogen-bond donors (Lipinski definition) is 2. The average molecular weight is 325 g/mol. The van der Waals surface area contributed by atoms with Gasteiger partial charge in [-0.05, 0) is 37.1 Å². The Bertz CT molecular complexity index is 750. The van der Waals surface area contributed by atoms with Gasteiger partial charge in [-0.3, -0.25) is 0 Å². The number of carboxylic acid groups (broad SMARTS) is 1. The summed E-state index contributed by atoms with van der Waals surface area (Å²) in [7, 11) is -3.52. The molecule has 0 fully saturated rings. The summed E-state index contributed by atoms with van der Waals surface area (Å²) in [5.74, 6) is -1.01. The fraction of sp³-hybridized carbons (Fsp3) is 0.214. The third kappa shape index (κ3) is 3.90. The van der Waals surface area contributed by atoms with Crippen LogP contribution in [0, 0.1) is 6.92 Å². The standard InChI is InChI=1S/C14H15NO4S2/c1-10-6-7-13(20-10)21(18,19)15-9-8-11-4-2-3-5-12(11)14(16)17/h2-7,15H,8-9H2,1H3,(H,16,17). The van der Waals surface area contributed by atoms with Crippen LogP contribution in [0.4, 0.5) is 0 Å². The molecule has 2 aromatic rings. The van der Waals surface area contributed by atoms with Crippen molar-refractivity contribution in [2.24, 2.45) is 0 Å². The Kier molecular flexibility index (Phi) is 4.76. The summed E-state index contributed by atoms with van der Waals surface area (Å²) in [5, 5.41) is 9.07. The number of benzene rings is 1. The van der Waals surface area contributed by atoms with E-state index in [1.54, 1.807) is 30.3 Å². The molecule has 0 atom stereocenters. The van der Waals surface area contributed by atoms with Crippen molar-refractivity contribution in [3.05, 3.63) is 52.4 Å². The van der Waals surface area contributed by atoms with Crippen LogP contribution in [0.2, 0.25) is 0 Å². The number of rotatable bonds is 6. The van der Waals surface area contributed by atoms with Gasteiger partial charge in [0.05, 0.1) is 5.56 Å². The smallest absolute Gasteiger partial charge is 0.335 e. The lowest BCUT2D eigenvalue weighted by atomic mass is 10.1. The number of aromatic carboxylic acids is 1. The van der Waals surface area contributed by atoms with Crippen LogP contribution in [0.3, 0.4) is 0 Å². The number of hydrogen-bond acceptors (Lipinski definition) is 4. The molecule has 0 saturated heterocycles. The van der Waals surface area contributed by atoms with Gasteiger partial charge in [0.25, 0.3) is 0 Å². The molecule has 0 radical (unpaired) electrons. The highest BCUT2D eigenvalue weighted by Gasteiger charge is 2.16. The van der Waals surface area contributed by atoms with Gasteiger partial charge in [0.15, 0.2) is 0 Å². The van der Waals surface area contributed by atoms with Crippen LogP contribution in [0.5, 0.6) is 0 Å². The first kappa shape index (κ1) is 15.7. The van der Waals surface area contributed by atoms with Crippen molar-refractivity contribution >= 4 is 27.3 Å². The van der Waals surface area contributed by atoms with Gasteiger partial charge >= 0.3 is 5.97 Å². The van der Waals surface area contributed by atoms with Gasteiger partial charge in [-0.25, -0.2) is 17.9 Å². The summed E-state index contributed by atoms with van der Waals surface area (Å²) in [5.41, 5.74) is 0.804. The van der Waals surface area contributed by atoms with Gasteiger partial charge in [0.1, 0.15) is 4.21 Å². The maximum atomic E-state index is 12.0. The van der Waals surface area contributed by atoms with Crippen LogP contribution in [0.25, 0.3) is 0 Å². The van der Waals surface area contributed by atoms with Crippen molar-refractivity contribution in [3.63, 3.8) is 0 Å². The Balaban J connectivity index is 2.03. The SMILES string of the molecule is Cc1ccc(S(=O)(=O)NCCc2ccccc2C(=O)O)s1. The summed E-state index contributed by atoms with van der Waals surface area (Å²) < 4.78 is 26.8. The number of carbonyl (C=O) groups is 1. The van der Waals surface area contributed by atoms with E-state index in [-0.39, 0.29) is 16.3 Å². The van der Waals surface area contributed by atoms with E-state index in [1.807, 2.05) is 6.92 Å². The summed E-state index contributed by atoms with van der Waals surface area (Å²) in [6.45, 7) is 2.00. The van der Waals surface area contributed by atoms with Crippen molar-refractivity contribution in [2.75, 3.05) is 6.54 Å². The molecule has 0 bridgehead atoms. The monoisotopic (exact) mass is 325 g/mol. The van der Waals surface area contributed by atoms with Crippen LogP contribution in [0.15, 0.2) is 40.6 Å². The topological polar surface area (TPSA) is 83.5 Å². The largest absolute Gasteiger partial charge is 0.478 e. The molecule has 7 heteroatoms. The molecule has 21 heavy (non-hydrogen) atoms. The zero-order valence-electron chi connectivity index (χ0n) is 11.4. The normalized spacial score (nSPS) is 11.5. The molecule has 0 spiro atoms. The second-order valence-corrected chi connectivity index (χ2v) is 7.76. The second-order valence-electron chi connectivity index (χ2n) is 4.48. The lowest BCUT2D eigenvalue weighted by Crippen LogP contribution is -2.25. The number of aryl methyl sites for hydroxylation is 1. The van der Waals surface area contributed by atoms with E-state index in [2.05, 4.69) is 4.72 Å². The number of thiophene rings is 1. The molecule has 0 aliphatic rings. The zero-order chi connectivity index (χ0) is 15.5. The predicted molar refractivity (Wildman–Crippen MR) is 81.3 cm³/mol. The molecule has 2 rings (SSSR count). The van der Waals surface area contributed by atoms with Crippen LogP contribution >= 0.6 is 11.3 Å².